The highest BCUT2D eigenvalue weighted by molar-refractivity contribution is 5.83. The minimum Gasteiger partial charge on any atom is -0.480 e. The summed E-state index contributed by atoms with van der Waals surface area (Å²) in [5, 5.41) is 8.52. The van der Waals surface area contributed by atoms with E-state index >= 15 is 0 Å². The van der Waals surface area contributed by atoms with Gasteiger partial charge in [0, 0.05) is 0 Å². The Labute approximate surface area is 63.0 Å². The van der Waals surface area contributed by atoms with E-state index in [0.717, 1.165) is 12.2 Å². The van der Waals surface area contributed by atoms with Gasteiger partial charge in [-0.1, -0.05) is 18.2 Å². The van der Waals surface area contributed by atoms with Crippen LogP contribution in [0.15, 0.2) is 24.3 Å². The molecule has 60 valence electrons. The van der Waals surface area contributed by atoms with Crippen molar-refractivity contribution in [3.63, 3.8) is 0 Å². The fourth-order valence-electron chi connectivity index (χ4n) is 0.817. The van der Waals surface area contributed by atoms with Gasteiger partial charge in [-0.3, -0.25) is 0 Å². The van der Waals surface area contributed by atoms with Gasteiger partial charge >= 0.3 is 5.97 Å². The van der Waals surface area contributed by atoms with Gasteiger partial charge in [0.25, 0.3) is 0 Å². The Balaban J connectivity index is 2.94. The van der Waals surface area contributed by atoms with Crippen LogP contribution in [0.5, 0.6) is 0 Å². The summed E-state index contributed by atoms with van der Waals surface area (Å²) in [6.07, 6.45) is 3.46. The molecule has 0 saturated heterocycles. The Kier molecular flexibility index (Phi) is 1.78. The van der Waals surface area contributed by atoms with Crippen LogP contribution in [0.1, 0.15) is 0 Å². The molecule has 0 aromatic carbocycles. The summed E-state index contributed by atoms with van der Waals surface area (Å²) in [5.74, 6) is -1.36. The van der Waals surface area contributed by atoms with E-state index in [-0.39, 0.29) is 0 Å². The van der Waals surface area contributed by atoms with Gasteiger partial charge in [0.2, 0.25) is 0 Å². The molecule has 0 amide bonds. The van der Waals surface area contributed by atoms with E-state index in [2.05, 4.69) is 0 Å². The molecular weight excluding hydrogens is 149 g/mol. The fraction of sp³-hybridized carbons (Fsp3) is 0.286. The van der Waals surface area contributed by atoms with Crippen LogP contribution in [-0.2, 0) is 4.79 Å². The SMILES string of the molecule is NC1(C(=O)O)C=CC=CC1F. The Morgan fingerprint density at radius 2 is 2.27 bits per heavy atom. The Morgan fingerprint density at radius 3 is 2.64 bits per heavy atom. The van der Waals surface area contributed by atoms with Gasteiger partial charge in [-0.15, -0.1) is 0 Å². The largest absolute Gasteiger partial charge is 0.480 e. The maximum atomic E-state index is 12.8. The highest BCUT2D eigenvalue weighted by Gasteiger charge is 2.40. The van der Waals surface area contributed by atoms with Crippen molar-refractivity contribution in [2.75, 3.05) is 0 Å². The molecule has 0 aromatic heterocycles. The number of nitrogens with two attached hydrogens (primary N) is 1. The number of allylic oxidation sites excluding steroid dienone is 2. The molecule has 3 nitrogen and oxygen atoms in total. The average Bonchev–Trinajstić information content (AvgIpc) is 1.95. The average molecular weight is 157 g/mol. The third-order valence-corrected chi connectivity index (χ3v) is 1.59. The van der Waals surface area contributed by atoms with Crippen LogP contribution in [-0.4, -0.2) is 22.8 Å². The molecule has 0 spiro atoms. The summed E-state index contributed by atoms with van der Waals surface area (Å²) < 4.78 is 12.8. The van der Waals surface area contributed by atoms with Crippen LogP contribution in [0.4, 0.5) is 4.39 Å². The molecule has 0 aliphatic heterocycles. The lowest BCUT2D eigenvalue weighted by molar-refractivity contribution is -0.143. The minimum atomic E-state index is -1.88. The highest BCUT2D eigenvalue weighted by Crippen LogP contribution is 2.18. The van der Waals surface area contributed by atoms with Crippen molar-refractivity contribution in [3.8, 4) is 0 Å². The molecule has 1 aliphatic carbocycles. The molecule has 1 rings (SSSR count). The summed E-state index contributed by atoms with van der Waals surface area (Å²) >= 11 is 0. The van der Waals surface area contributed by atoms with Gasteiger partial charge in [0.1, 0.15) is 0 Å². The number of carboxylic acid groups (broad SMARTS) is 1. The van der Waals surface area contributed by atoms with E-state index in [4.69, 9.17) is 10.8 Å². The Bertz CT molecular complexity index is 237. The van der Waals surface area contributed by atoms with E-state index in [1.165, 1.54) is 12.2 Å². The fourth-order valence-corrected chi connectivity index (χ4v) is 0.817. The van der Waals surface area contributed by atoms with Gasteiger partial charge in [0.15, 0.2) is 11.7 Å². The molecule has 1 aliphatic rings. The monoisotopic (exact) mass is 157 g/mol. The summed E-state index contributed by atoms with van der Waals surface area (Å²) in [7, 11) is 0. The number of aliphatic carboxylic acids is 1. The number of alkyl halides is 1. The molecule has 0 heterocycles. The van der Waals surface area contributed by atoms with E-state index in [9.17, 15) is 9.18 Å². The molecule has 3 N–H and O–H groups in total. The third-order valence-electron chi connectivity index (χ3n) is 1.59. The summed E-state index contributed by atoms with van der Waals surface area (Å²) in [4.78, 5) is 10.4. The standard InChI is InChI=1S/C7H8FNO2/c8-5-3-1-2-4-7(5,9)6(10)11/h1-5H,9H2,(H,10,11). The van der Waals surface area contributed by atoms with Gasteiger partial charge in [-0.25, -0.2) is 9.18 Å². The van der Waals surface area contributed by atoms with Crippen molar-refractivity contribution in [2.45, 2.75) is 11.7 Å². The van der Waals surface area contributed by atoms with E-state index in [1.54, 1.807) is 0 Å². The predicted molar refractivity (Wildman–Crippen MR) is 37.7 cm³/mol. The van der Waals surface area contributed by atoms with Gasteiger partial charge in [0.05, 0.1) is 0 Å². The summed E-state index contributed by atoms with van der Waals surface area (Å²) in [6.45, 7) is 0. The first kappa shape index (κ1) is 7.94. The lowest BCUT2D eigenvalue weighted by atomic mass is 9.91. The van der Waals surface area contributed by atoms with Crippen LogP contribution in [0.2, 0.25) is 0 Å². The lowest BCUT2D eigenvalue weighted by Crippen LogP contribution is -2.54. The number of rotatable bonds is 1. The first-order chi connectivity index (χ1) is 5.07. The topological polar surface area (TPSA) is 63.3 Å². The van der Waals surface area contributed by atoms with Crippen molar-refractivity contribution in [2.24, 2.45) is 5.73 Å². The first-order valence-corrected chi connectivity index (χ1v) is 3.10. The molecule has 0 radical (unpaired) electrons. The predicted octanol–water partition coefficient (Wildman–Crippen LogP) is 0.233. The number of hydrogen-bond acceptors (Lipinski definition) is 2. The second-order valence-corrected chi connectivity index (χ2v) is 2.38. The van der Waals surface area contributed by atoms with Crippen molar-refractivity contribution in [1.29, 1.82) is 0 Å². The van der Waals surface area contributed by atoms with E-state index in [1.807, 2.05) is 0 Å². The zero-order valence-electron chi connectivity index (χ0n) is 5.70. The lowest BCUT2D eigenvalue weighted by Gasteiger charge is -2.24. The molecule has 0 fully saturated rings. The zero-order valence-corrected chi connectivity index (χ0v) is 5.70. The van der Waals surface area contributed by atoms with Crippen molar-refractivity contribution < 1.29 is 14.3 Å². The Hall–Kier alpha value is -1.16. The highest BCUT2D eigenvalue weighted by atomic mass is 19.1. The molecule has 4 heteroatoms. The van der Waals surface area contributed by atoms with Gasteiger partial charge < -0.3 is 10.8 Å². The van der Waals surface area contributed by atoms with Crippen molar-refractivity contribution in [1.82, 2.24) is 0 Å². The molecule has 0 aromatic rings. The molecule has 11 heavy (non-hydrogen) atoms. The van der Waals surface area contributed by atoms with E-state index < -0.39 is 17.7 Å². The molecule has 2 unspecified atom stereocenters. The third kappa shape index (κ3) is 1.17. The number of carboxylic acids is 1. The van der Waals surface area contributed by atoms with Gasteiger partial charge in [-0.05, 0) is 6.08 Å². The second kappa shape index (κ2) is 2.47. The van der Waals surface area contributed by atoms with Crippen LogP contribution in [0, 0.1) is 0 Å². The maximum Gasteiger partial charge on any atom is 0.331 e. The number of carbonyl (C=O) groups is 1. The normalized spacial score (nSPS) is 35.6. The maximum absolute atomic E-state index is 12.8. The van der Waals surface area contributed by atoms with Crippen LogP contribution in [0.3, 0.4) is 0 Å². The second-order valence-electron chi connectivity index (χ2n) is 2.38. The summed E-state index contributed by atoms with van der Waals surface area (Å²) in [5.41, 5.74) is 3.35. The molecule has 0 bridgehead atoms. The quantitative estimate of drug-likeness (QED) is 0.572. The molecule has 0 saturated carbocycles. The zero-order chi connectivity index (χ0) is 8.48. The molecule has 2 atom stereocenters. The van der Waals surface area contributed by atoms with Crippen molar-refractivity contribution >= 4 is 5.97 Å². The molecular formula is C7H8FNO2. The van der Waals surface area contributed by atoms with E-state index in [0.29, 0.717) is 0 Å². The van der Waals surface area contributed by atoms with Crippen LogP contribution < -0.4 is 5.73 Å². The van der Waals surface area contributed by atoms with Crippen LogP contribution >= 0.6 is 0 Å². The smallest absolute Gasteiger partial charge is 0.331 e. The van der Waals surface area contributed by atoms with Gasteiger partial charge in [-0.2, -0.15) is 0 Å². The Morgan fingerprint density at radius 1 is 1.64 bits per heavy atom. The summed E-state index contributed by atoms with van der Waals surface area (Å²) in [6, 6.07) is 0. The minimum absolute atomic E-state index is 1.12. The van der Waals surface area contributed by atoms with Crippen LogP contribution in [0.25, 0.3) is 0 Å². The van der Waals surface area contributed by atoms with Crippen molar-refractivity contribution in [3.05, 3.63) is 24.3 Å². The first-order valence-electron chi connectivity index (χ1n) is 3.10. The number of halogens is 1. The number of hydrogen-bond donors (Lipinski definition) is 2.